The first-order valence-corrected chi connectivity index (χ1v) is 6.64. The molecule has 0 unspecified atom stereocenters. The summed E-state index contributed by atoms with van der Waals surface area (Å²) in [4.78, 5) is 35.5. The first-order valence-electron chi connectivity index (χ1n) is 6.64. The second-order valence-electron chi connectivity index (χ2n) is 4.79. The second-order valence-corrected chi connectivity index (χ2v) is 4.79. The first kappa shape index (κ1) is 14.2. The monoisotopic (exact) mass is 275 g/mol. The Bertz CT molecular complexity index is 538. The summed E-state index contributed by atoms with van der Waals surface area (Å²) in [5.41, 5.74) is 0.661. The molecule has 1 atom stereocenters. The standard InChI is InChI=1S/C15H17NO4/c1-20-15(19)10-6-2-4-8-12(10)16-14(18)11-7-3-5-9-13(11)17/h2,4,6,8,11H,3,5,7,9H2,1H3,(H,16,18)/t11-/m0/s1. The largest absolute Gasteiger partial charge is 0.465 e. The Balaban J connectivity index is 2.15. The minimum atomic E-state index is -0.602. The number of rotatable bonds is 3. The molecule has 1 aromatic carbocycles. The van der Waals surface area contributed by atoms with E-state index in [1.54, 1.807) is 24.3 Å². The molecule has 1 saturated carbocycles. The number of carbonyl (C=O) groups excluding carboxylic acids is 3. The van der Waals surface area contributed by atoms with Crippen molar-refractivity contribution in [2.24, 2.45) is 5.92 Å². The van der Waals surface area contributed by atoms with Crippen LogP contribution in [-0.4, -0.2) is 24.8 Å². The second kappa shape index (κ2) is 6.32. The minimum absolute atomic E-state index is 0.0238. The van der Waals surface area contributed by atoms with Crippen molar-refractivity contribution in [2.45, 2.75) is 25.7 Å². The van der Waals surface area contributed by atoms with Gasteiger partial charge in [0.05, 0.1) is 24.3 Å². The molecule has 0 radical (unpaired) electrons. The lowest BCUT2D eigenvalue weighted by molar-refractivity contribution is -0.132. The third-order valence-electron chi connectivity index (χ3n) is 3.46. The Hall–Kier alpha value is -2.17. The predicted molar refractivity (Wildman–Crippen MR) is 73.4 cm³/mol. The van der Waals surface area contributed by atoms with E-state index in [4.69, 9.17) is 0 Å². The average Bonchev–Trinajstić information content (AvgIpc) is 2.47. The van der Waals surface area contributed by atoms with Crippen LogP contribution in [0.5, 0.6) is 0 Å². The van der Waals surface area contributed by atoms with E-state index >= 15 is 0 Å². The minimum Gasteiger partial charge on any atom is -0.465 e. The summed E-state index contributed by atoms with van der Waals surface area (Å²) in [5, 5.41) is 2.67. The number of anilines is 1. The van der Waals surface area contributed by atoms with Crippen molar-refractivity contribution in [1.82, 2.24) is 0 Å². The van der Waals surface area contributed by atoms with Crippen LogP contribution in [-0.2, 0) is 14.3 Å². The molecular weight excluding hydrogens is 258 g/mol. The van der Waals surface area contributed by atoms with E-state index in [1.165, 1.54) is 7.11 Å². The van der Waals surface area contributed by atoms with Crippen LogP contribution >= 0.6 is 0 Å². The number of hydrogen-bond acceptors (Lipinski definition) is 4. The first-order chi connectivity index (χ1) is 9.63. The van der Waals surface area contributed by atoms with E-state index < -0.39 is 11.9 Å². The topological polar surface area (TPSA) is 72.5 Å². The number of esters is 1. The molecule has 2 rings (SSSR count). The number of Topliss-reactive ketones (excluding diaryl/α,β-unsaturated/α-hetero) is 1. The lowest BCUT2D eigenvalue weighted by atomic mass is 9.87. The Morgan fingerprint density at radius 2 is 2.00 bits per heavy atom. The van der Waals surface area contributed by atoms with Gasteiger partial charge in [-0.25, -0.2) is 4.79 Å². The van der Waals surface area contributed by atoms with Gasteiger partial charge in [-0.2, -0.15) is 0 Å². The van der Waals surface area contributed by atoms with E-state index in [2.05, 4.69) is 10.1 Å². The maximum atomic E-state index is 12.2. The molecule has 106 valence electrons. The molecule has 5 nitrogen and oxygen atoms in total. The van der Waals surface area contributed by atoms with Crippen LogP contribution in [0.2, 0.25) is 0 Å². The highest BCUT2D eigenvalue weighted by atomic mass is 16.5. The van der Waals surface area contributed by atoms with Gasteiger partial charge in [0, 0.05) is 6.42 Å². The number of para-hydroxylation sites is 1. The summed E-state index contributed by atoms with van der Waals surface area (Å²) in [6.45, 7) is 0. The maximum absolute atomic E-state index is 12.2. The summed E-state index contributed by atoms with van der Waals surface area (Å²) in [6.07, 6.45) is 2.76. The van der Waals surface area contributed by atoms with Gasteiger partial charge in [0.15, 0.2) is 0 Å². The highest BCUT2D eigenvalue weighted by molar-refractivity contribution is 6.09. The van der Waals surface area contributed by atoms with Crippen molar-refractivity contribution < 1.29 is 19.1 Å². The lowest BCUT2D eigenvalue weighted by Crippen LogP contribution is -2.32. The SMILES string of the molecule is COC(=O)c1ccccc1NC(=O)[C@H]1CCCCC1=O. The fourth-order valence-electron chi connectivity index (χ4n) is 2.36. The molecule has 0 aromatic heterocycles. The number of hydrogen-bond donors (Lipinski definition) is 1. The van der Waals surface area contributed by atoms with Gasteiger partial charge in [-0.05, 0) is 25.0 Å². The van der Waals surface area contributed by atoms with Crippen LogP contribution in [0.25, 0.3) is 0 Å². The van der Waals surface area contributed by atoms with Gasteiger partial charge in [0.25, 0.3) is 0 Å². The Kier molecular flexibility index (Phi) is 4.50. The highest BCUT2D eigenvalue weighted by Crippen LogP contribution is 2.23. The third-order valence-corrected chi connectivity index (χ3v) is 3.46. The smallest absolute Gasteiger partial charge is 0.339 e. The van der Waals surface area contributed by atoms with E-state index in [0.29, 0.717) is 18.5 Å². The summed E-state index contributed by atoms with van der Waals surface area (Å²) < 4.78 is 4.67. The number of benzene rings is 1. The van der Waals surface area contributed by atoms with Gasteiger partial charge >= 0.3 is 5.97 Å². The Morgan fingerprint density at radius 3 is 2.70 bits per heavy atom. The van der Waals surface area contributed by atoms with Gasteiger partial charge in [0.2, 0.25) is 5.91 Å². The number of amides is 1. The van der Waals surface area contributed by atoms with Gasteiger partial charge in [0.1, 0.15) is 5.78 Å². The number of ketones is 1. The molecule has 1 aromatic rings. The van der Waals surface area contributed by atoms with Crippen molar-refractivity contribution >= 4 is 23.3 Å². The van der Waals surface area contributed by atoms with Crippen LogP contribution in [0.3, 0.4) is 0 Å². The van der Waals surface area contributed by atoms with Crippen molar-refractivity contribution in [2.75, 3.05) is 12.4 Å². The summed E-state index contributed by atoms with van der Waals surface area (Å²) in [7, 11) is 1.28. The van der Waals surface area contributed by atoms with Gasteiger partial charge in [-0.3, -0.25) is 9.59 Å². The van der Waals surface area contributed by atoms with E-state index in [-0.39, 0.29) is 17.3 Å². The highest BCUT2D eigenvalue weighted by Gasteiger charge is 2.29. The van der Waals surface area contributed by atoms with Crippen LogP contribution in [0.1, 0.15) is 36.0 Å². The molecule has 0 bridgehead atoms. The number of ether oxygens (including phenoxy) is 1. The summed E-state index contributed by atoms with van der Waals surface area (Å²) >= 11 is 0. The van der Waals surface area contributed by atoms with Gasteiger partial charge in [-0.1, -0.05) is 18.6 Å². The maximum Gasteiger partial charge on any atom is 0.339 e. The van der Waals surface area contributed by atoms with Crippen LogP contribution in [0, 0.1) is 5.92 Å². The molecule has 1 aliphatic carbocycles. The third kappa shape index (κ3) is 3.04. The van der Waals surface area contributed by atoms with E-state index in [9.17, 15) is 14.4 Å². The van der Waals surface area contributed by atoms with Crippen molar-refractivity contribution in [3.63, 3.8) is 0 Å². The molecule has 1 fully saturated rings. The molecule has 0 spiro atoms. The molecule has 0 saturated heterocycles. The predicted octanol–water partition coefficient (Wildman–Crippen LogP) is 2.17. The van der Waals surface area contributed by atoms with Crippen LogP contribution in [0.4, 0.5) is 5.69 Å². The molecule has 5 heteroatoms. The molecule has 1 amide bonds. The van der Waals surface area contributed by atoms with Crippen molar-refractivity contribution in [3.05, 3.63) is 29.8 Å². The number of carbonyl (C=O) groups is 3. The van der Waals surface area contributed by atoms with Gasteiger partial charge in [-0.15, -0.1) is 0 Å². The van der Waals surface area contributed by atoms with Gasteiger partial charge < -0.3 is 10.1 Å². The molecule has 1 aliphatic rings. The lowest BCUT2D eigenvalue weighted by Gasteiger charge is -2.20. The normalized spacial score (nSPS) is 18.4. The quantitative estimate of drug-likeness (QED) is 0.678. The van der Waals surface area contributed by atoms with Crippen molar-refractivity contribution in [1.29, 1.82) is 0 Å². The zero-order chi connectivity index (χ0) is 14.5. The summed E-state index contributed by atoms with van der Waals surface area (Å²) in [5.74, 6) is -1.49. The van der Waals surface area contributed by atoms with Crippen LogP contribution in [0.15, 0.2) is 24.3 Å². The molecule has 20 heavy (non-hydrogen) atoms. The molecule has 0 heterocycles. The fourth-order valence-corrected chi connectivity index (χ4v) is 2.36. The average molecular weight is 275 g/mol. The number of methoxy groups -OCH3 is 1. The molecular formula is C15H17NO4. The molecule has 0 aliphatic heterocycles. The number of nitrogens with one attached hydrogen (secondary N) is 1. The zero-order valence-corrected chi connectivity index (χ0v) is 11.3. The Morgan fingerprint density at radius 1 is 1.25 bits per heavy atom. The summed E-state index contributed by atoms with van der Waals surface area (Å²) in [6, 6.07) is 6.60. The van der Waals surface area contributed by atoms with Crippen molar-refractivity contribution in [3.8, 4) is 0 Å². The van der Waals surface area contributed by atoms with E-state index in [0.717, 1.165) is 12.8 Å². The fraction of sp³-hybridized carbons (Fsp3) is 0.400. The van der Waals surface area contributed by atoms with E-state index in [1.807, 2.05) is 0 Å². The van der Waals surface area contributed by atoms with Crippen LogP contribution < -0.4 is 5.32 Å². The Labute approximate surface area is 117 Å². The zero-order valence-electron chi connectivity index (χ0n) is 11.3. The molecule has 1 N–H and O–H groups in total.